The number of aromatic amines is 1. The molecule has 1 aromatic carbocycles. The maximum atomic E-state index is 11.7. The summed E-state index contributed by atoms with van der Waals surface area (Å²) in [4.78, 5) is 14.8. The van der Waals surface area contributed by atoms with Crippen LogP contribution in [0.1, 0.15) is 31.1 Å². The quantitative estimate of drug-likeness (QED) is 0.679. The van der Waals surface area contributed by atoms with Crippen LogP contribution in [0.3, 0.4) is 0 Å². The summed E-state index contributed by atoms with van der Waals surface area (Å²) in [6, 6.07) is 5.35. The molecule has 0 aliphatic carbocycles. The number of ether oxygens (including phenoxy) is 3. The monoisotopic (exact) mass is 291 g/mol. The van der Waals surface area contributed by atoms with Crippen LogP contribution in [0.2, 0.25) is 0 Å². The molecule has 0 aliphatic heterocycles. The van der Waals surface area contributed by atoms with E-state index in [4.69, 9.17) is 14.2 Å². The highest BCUT2D eigenvalue weighted by atomic mass is 16.5. The van der Waals surface area contributed by atoms with Crippen molar-refractivity contribution < 1.29 is 19.0 Å². The van der Waals surface area contributed by atoms with Crippen molar-refractivity contribution >= 4 is 16.9 Å². The fourth-order valence-corrected chi connectivity index (χ4v) is 1.99. The minimum absolute atomic E-state index is 0.195. The fourth-order valence-electron chi connectivity index (χ4n) is 1.99. The van der Waals surface area contributed by atoms with Crippen LogP contribution >= 0.6 is 0 Å². The van der Waals surface area contributed by atoms with Gasteiger partial charge in [0.15, 0.2) is 0 Å². The number of nitrogens with one attached hydrogen (secondary N) is 1. The van der Waals surface area contributed by atoms with E-state index in [0.29, 0.717) is 24.5 Å². The van der Waals surface area contributed by atoms with E-state index in [-0.39, 0.29) is 11.6 Å². The van der Waals surface area contributed by atoms with Gasteiger partial charge < -0.3 is 19.2 Å². The van der Waals surface area contributed by atoms with Gasteiger partial charge in [-0.15, -0.1) is 0 Å². The van der Waals surface area contributed by atoms with Gasteiger partial charge in [-0.1, -0.05) is 0 Å². The average molecular weight is 291 g/mol. The van der Waals surface area contributed by atoms with Gasteiger partial charge in [0, 0.05) is 11.6 Å². The van der Waals surface area contributed by atoms with Crippen molar-refractivity contribution in [3.63, 3.8) is 0 Å². The highest BCUT2D eigenvalue weighted by molar-refractivity contribution is 5.97. The summed E-state index contributed by atoms with van der Waals surface area (Å²) in [5.41, 5.74) is 1.13. The van der Waals surface area contributed by atoms with E-state index in [1.807, 2.05) is 33.0 Å². The summed E-state index contributed by atoms with van der Waals surface area (Å²) < 4.78 is 16.1. The Bertz CT molecular complexity index is 625. The van der Waals surface area contributed by atoms with E-state index in [9.17, 15) is 4.79 Å². The van der Waals surface area contributed by atoms with Crippen molar-refractivity contribution in [2.45, 2.75) is 26.4 Å². The number of hydrogen-bond acceptors (Lipinski definition) is 4. The maximum Gasteiger partial charge on any atom is 0.338 e. The zero-order valence-electron chi connectivity index (χ0n) is 12.9. The number of fused-ring (bicyclic) bond motifs is 1. The molecule has 0 amide bonds. The molecule has 1 aromatic heterocycles. The Labute approximate surface area is 124 Å². The first-order valence-corrected chi connectivity index (χ1v) is 6.87. The summed E-state index contributed by atoms with van der Waals surface area (Å²) in [5, 5.41) is 0.907. The van der Waals surface area contributed by atoms with E-state index >= 15 is 0 Å². The van der Waals surface area contributed by atoms with Gasteiger partial charge >= 0.3 is 5.97 Å². The van der Waals surface area contributed by atoms with Crippen LogP contribution in [0.4, 0.5) is 0 Å². The molecule has 0 unspecified atom stereocenters. The number of esters is 1. The van der Waals surface area contributed by atoms with Crippen molar-refractivity contribution in [2.75, 3.05) is 20.3 Å². The Balaban J connectivity index is 2.14. The van der Waals surface area contributed by atoms with Gasteiger partial charge in [0.2, 0.25) is 0 Å². The lowest BCUT2D eigenvalue weighted by atomic mass is 10.1. The van der Waals surface area contributed by atoms with Crippen LogP contribution in [0.15, 0.2) is 24.4 Å². The second-order valence-corrected chi connectivity index (χ2v) is 5.72. The molecule has 0 radical (unpaired) electrons. The second-order valence-electron chi connectivity index (χ2n) is 5.72. The summed E-state index contributed by atoms with van der Waals surface area (Å²) in [6.07, 6.45) is 1.81. The van der Waals surface area contributed by atoms with Crippen LogP contribution in [0.25, 0.3) is 10.9 Å². The molecule has 0 fully saturated rings. The predicted octanol–water partition coefficient (Wildman–Crippen LogP) is 3.15. The fraction of sp³-hybridized carbons (Fsp3) is 0.438. The zero-order valence-corrected chi connectivity index (χ0v) is 12.9. The van der Waals surface area contributed by atoms with Crippen molar-refractivity contribution in [2.24, 2.45) is 0 Å². The van der Waals surface area contributed by atoms with Gasteiger partial charge in [0.25, 0.3) is 0 Å². The van der Waals surface area contributed by atoms with Crippen molar-refractivity contribution in [3.8, 4) is 5.75 Å². The minimum atomic E-state index is -0.381. The molecule has 0 atom stereocenters. The van der Waals surface area contributed by atoms with Crippen molar-refractivity contribution in [3.05, 3.63) is 30.0 Å². The first kappa shape index (κ1) is 15.4. The van der Waals surface area contributed by atoms with Crippen LogP contribution < -0.4 is 4.74 Å². The van der Waals surface area contributed by atoms with Gasteiger partial charge in [-0.3, -0.25) is 0 Å². The van der Waals surface area contributed by atoms with E-state index in [2.05, 4.69) is 4.98 Å². The molecule has 1 heterocycles. The molecule has 21 heavy (non-hydrogen) atoms. The molecule has 0 saturated carbocycles. The molecule has 0 bridgehead atoms. The second kappa shape index (κ2) is 6.18. The third-order valence-corrected chi connectivity index (χ3v) is 2.92. The molecule has 1 N–H and O–H groups in total. The minimum Gasteiger partial charge on any atom is -0.489 e. The molecule has 0 saturated heterocycles. The zero-order chi connectivity index (χ0) is 15.5. The Morgan fingerprint density at radius 2 is 2.00 bits per heavy atom. The molecular formula is C16H21NO4. The summed E-state index contributed by atoms with van der Waals surface area (Å²) >= 11 is 0. The molecular weight excluding hydrogens is 270 g/mol. The third-order valence-electron chi connectivity index (χ3n) is 2.92. The number of hydrogen-bond donors (Lipinski definition) is 1. The number of carbonyl (C=O) groups excluding carboxylic acids is 1. The Kier molecular flexibility index (Phi) is 4.53. The van der Waals surface area contributed by atoms with Gasteiger partial charge in [-0.05, 0) is 39.0 Å². The topological polar surface area (TPSA) is 60.6 Å². The van der Waals surface area contributed by atoms with Crippen molar-refractivity contribution in [1.82, 2.24) is 4.98 Å². The number of benzene rings is 1. The lowest BCUT2D eigenvalue weighted by Crippen LogP contribution is -2.22. The molecule has 2 aromatic rings. The molecule has 114 valence electrons. The molecule has 5 heteroatoms. The summed E-state index contributed by atoms with van der Waals surface area (Å²) in [7, 11) is 1.36. The number of aromatic nitrogens is 1. The standard InChI is InChI=1S/C16H21NO4/c1-16(2,3)21-8-7-20-13-10-12(15(18)19-4)9-11-5-6-17-14(11)13/h5-6,9-10,17H,7-8H2,1-4H3. The van der Waals surface area contributed by atoms with Crippen molar-refractivity contribution in [1.29, 1.82) is 0 Å². The SMILES string of the molecule is COC(=O)c1cc(OCCOC(C)(C)C)c2[nH]ccc2c1. The molecule has 2 rings (SSSR count). The lowest BCUT2D eigenvalue weighted by molar-refractivity contribution is -0.0161. The summed E-state index contributed by atoms with van der Waals surface area (Å²) in [6.45, 7) is 6.88. The number of methoxy groups -OCH3 is 1. The van der Waals surface area contributed by atoms with Gasteiger partial charge in [-0.25, -0.2) is 4.79 Å². The van der Waals surface area contributed by atoms with Gasteiger partial charge in [0.05, 0.1) is 30.4 Å². The van der Waals surface area contributed by atoms with Crippen LogP contribution in [-0.4, -0.2) is 36.9 Å². The Hall–Kier alpha value is -2.01. The first-order valence-electron chi connectivity index (χ1n) is 6.87. The normalized spacial score (nSPS) is 11.6. The molecule has 0 aliphatic rings. The highest BCUT2D eigenvalue weighted by Crippen LogP contribution is 2.27. The van der Waals surface area contributed by atoms with Crippen LogP contribution in [0.5, 0.6) is 5.75 Å². The molecule has 5 nitrogen and oxygen atoms in total. The van der Waals surface area contributed by atoms with Crippen LogP contribution in [0, 0.1) is 0 Å². The number of H-pyrrole nitrogens is 1. The Morgan fingerprint density at radius 1 is 1.24 bits per heavy atom. The first-order chi connectivity index (χ1) is 9.90. The lowest BCUT2D eigenvalue weighted by Gasteiger charge is -2.19. The third kappa shape index (κ3) is 3.98. The van der Waals surface area contributed by atoms with Gasteiger partial charge in [-0.2, -0.15) is 0 Å². The van der Waals surface area contributed by atoms with E-state index in [1.165, 1.54) is 7.11 Å². The number of carbonyl (C=O) groups is 1. The molecule has 0 spiro atoms. The Morgan fingerprint density at radius 3 is 2.67 bits per heavy atom. The van der Waals surface area contributed by atoms with E-state index < -0.39 is 0 Å². The number of rotatable bonds is 5. The van der Waals surface area contributed by atoms with E-state index in [0.717, 1.165) is 10.9 Å². The van der Waals surface area contributed by atoms with E-state index in [1.54, 1.807) is 12.1 Å². The maximum absolute atomic E-state index is 11.7. The largest absolute Gasteiger partial charge is 0.489 e. The average Bonchev–Trinajstić information content (AvgIpc) is 2.89. The van der Waals surface area contributed by atoms with Gasteiger partial charge in [0.1, 0.15) is 12.4 Å². The smallest absolute Gasteiger partial charge is 0.338 e. The highest BCUT2D eigenvalue weighted by Gasteiger charge is 2.13. The van der Waals surface area contributed by atoms with Crippen LogP contribution in [-0.2, 0) is 9.47 Å². The summed E-state index contributed by atoms with van der Waals surface area (Å²) in [5.74, 6) is 0.240. The predicted molar refractivity (Wildman–Crippen MR) is 80.8 cm³/mol.